The highest BCUT2D eigenvalue weighted by Crippen LogP contribution is 2.26. The van der Waals surface area contributed by atoms with Crippen molar-refractivity contribution in [3.63, 3.8) is 0 Å². The minimum atomic E-state index is -0.139. The summed E-state index contributed by atoms with van der Waals surface area (Å²) in [4.78, 5) is 36.2. The predicted molar refractivity (Wildman–Crippen MR) is 111 cm³/mol. The van der Waals surface area contributed by atoms with Gasteiger partial charge in [-0.05, 0) is 29.0 Å². The summed E-state index contributed by atoms with van der Waals surface area (Å²) < 4.78 is 0. The van der Waals surface area contributed by atoms with Crippen molar-refractivity contribution in [3.8, 4) is 0 Å². The van der Waals surface area contributed by atoms with Crippen LogP contribution in [0.2, 0.25) is 0 Å². The number of carbonyl (C=O) groups is 3. The van der Waals surface area contributed by atoms with E-state index < -0.39 is 0 Å². The van der Waals surface area contributed by atoms with Crippen molar-refractivity contribution in [2.75, 3.05) is 16.0 Å². The van der Waals surface area contributed by atoms with Gasteiger partial charge in [-0.1, -0.05) is 48.5 Å². The summed E-state index contributed by atoms with van der Waals surface area (Å²) in [6, 6.07) is 5.07. The van der Waals surface area contributed by atoms with E-state index in [2.05, 4.69) is 16.0 Å². The fourth-order valence-corrected chi connectivity index (χ4v) is 2.47. The average molecular weight is 376 g/mol. The molecule has 150 valence electrons. The molecule has 0 unspecified atom stereocenters. The summed E-state index contributed by atoms with van der Waals surface area (Å²) in [5.74, 6) is -0.373. The number of nitrogens with one attached hydrogen (secondary N) is 3. The van der Waals surface area contributed by atoms with Crippen LogP contribution in [-0.2, 0) is 14.4 Å². The van der Waals surface area contributed by atoms with Crippen molar-refractivity contribution in [2.45, 2.75) is 67.7 Å². The molecule has 0 radical (unpaired) electrons. The van der Waals surface area contributed by atoms with Gasteiger partial charge in [0.05, 0.1) is 0 Å². The van der Waals surface area contributed by atoms with E-state index in [4.69, 9.17) is 0 Å². The minimum Gasteiger partial charge on any atom is -0.326 e. The van der Waals surface area contributed by atoms with Crippen LogP contribution >= 0.6 is 0 Å². The quantitative estimate of drug-likeness (QED) is 0.668. The molecule has 3 N–H and O–H groups in total. The van der Waals surface area contributed by atoms with Gasteiger partial charge in [0, 0.05) is 36.3 Å². The van der Waals surface area contributed by atoms with Gasteiger partial charge in [0.25, 0.3) is 0 Å². The molecule has 0 bridgehead atoms. The van der Waals surface area contributed by atoms with Gasteiger partial charge in [0.2, 0.25) is 17.7 Å². The minimum absolute atomic E-state index is 0.117. The van der Waals surface area contributed by atoms with Crippen LogP contribution < -0.4 is 16.0 Å². The predicted octanol–water partition coefficient (Wildman–Crippen LogP) is 4.78. The number of carbonyl (C=O) groups excluding carboxylic acids is 3. The number of amides is 3. The zero-order valence-electron chi connectivity index (χ0n) is 17.6. The van der Waals surface area contributed by atoms with E-state index in [1.165, 1.54) is 0 Å². The van der Waals surface area contributed by atoms with Gasteiger partial charge >= 0.3 is 0 Å². The van der Waals surface area contributed by atoms with Gasteiger partial charge in [-0.15, -0.1) is 0 Å². The molecule has 27 heavy (non-hydrogen) atoms. The van der Waals surface area contributed by atoms with Gasteiger partial charge in [0.1, 0.15) is 0 Å². The third kappa shape index (κ3) is 9.78. The highest BCUT2D eigenvalue weighted by Gasteiger charge is 2.18. The monoisotopic (exact) mass is 375 g/mol. The van der Waals surface area contributed by atoms with Crippen molar-refractivity contribution in [3.05, 3.63) is 18.2 Å². The third-order valence-electron chi connectivity index (χ3n) is 3.49. The molecule has 0 aliphatic carbocycles. The molecule has 0 saturated carbocycles. The fourth-order valence-electron chi connectivity index (χ4n) is 2.47. The maximum Gasteiger partial charge on any atom is 0.224 e. The molecule has 0 aliphatic rings. The molecule has 0 aromatic heterocycles. The van der Waals surface area contributed by atoms with Gasteiger partial charge < -0.3 is 16.0 Å². The average Bonchev–Trinajstić information content (AvgIpc) is 2.42. The third-order valence-corrected chi connectivity index (χ3v) is 3.49. The van der Waals surface area contributed by atoms with Crippen molar-refractivity contribution in [1.29, 1.82) is 0 Å². The number of anilines is 3. The molecule has 3 amide bonds. The van der Waals surface area contributed by atoms with Gasteiger partial charge in [-0.2, -0.15) is 0 Å². The van der Waals surface area contributed by atoms with E-state index in [0.717, 1.165) is 0 Å². The first kappa shape index (κ1) is 22.7. The molecule has 0 atom stereocenters. The van der Waals surface area contributed by atoms with E-state index in [9.17, 15) is 14.4 Å². The number of hydrogen-bond acceptors (Lipinski definition) is 3. The summed E-state index contributed by atoms with van der Waals surface area (Å²) in [6.07, 6.45) is 1.07. The summed E-state index contributed by atoms with van der Waals surface area (Å²) in [5, 5.41) is 8.47. The maximum absolute atomic E-state index is 12.3. The Kier molecular flexibility index (Phi) is 7.57. The SMILES string of the molecule is CCC(=O)Nc1cc(NC(=O)CC(C)(C)C)cc(NC(=O)CC(C)(C)C)c1. The molecular weight excluding hydrogens is 342 g/mol. The standard InChI is InChI=1S/C21H33N3O3/c1-8-17(25)22-14-9-15(23-18(26)12-20(2,3)4)11-16(10-14)24-19(27)13-21(5,6)7/h9-11H,8,12-13H2,1-7H3,(H,22,25)(H,23,26)(H,24,27). The molecule has 6 nitrogen and oxygen atoms in total. The first-order chi connectivity index (χ1) is 12.3. The zero-order chi connectivity index (χ0) is 20.8. The molecule has 1 rings (SSSR count). The summed E-state index contributed by atoms with van der Waals surface area (Å²) in [6.45, 7) is 13.7. The second-order valence-corrected chi connectivity index (χ2v) is 9.27. The summed E-state index contributed by atoms with van der Waals surface area (Å²) >= 11 is 0. The maximum atomic E-state index is 12.3. The highest BCUT2D eigenvalue weighted by atomic mass is 16.2. The number of hydrogen-bond donors (Lipinski definition) is 3. The van der Waals surface area contributed by atoms with Crippen molar-refractivity contribution >= 4 is 34.8 Å². The molecule has 6 heteroatoms. The molecule has 0 heterocycles. The largest absolute Gasteiger partial charge is 0.326 e. The first-order valence-electron chi connectivity index (χ1n) is 9.32. The lowest BCUT2D eigenvalue weighted by atomic mass is 9.92. The molecule has 0 fully saturated rings. The van der Waals surface area contributed by atoms with E-state index in [1.807, 2.05) is 41.5 Å². The van der Waals surface area contributed by atoms with Crippen molar-refractivity contribution in [1.82, 2.24) is 0 Å². The van der Waals surface area contributed by atoms with Crippen LogP contribution in [-0.4, -0.2) is 17.7 Å². The Morgan fingerprint density at radius 3 is 1.22 bits per heavy atom. The normalized spacial score (nSPS) is 11.7. The Labute approximate surface area is 162 Å². The zero-order valence-corrected chi connectivity index (χ0v) is 17.6. The van der Waals surface area contributed by atoms with Crippen molar-refractivity contribution in [2.24, 2.45) is 10.8 Å². The lowest BCUT2D eigenvalue weighted by Crippen LogP contribution is -2.21. The second-order valence-electron chi connectivity index (χ2n) is 9.27. The first-order valence-corrected chi connectivity index (χ1v) is 9.32. The molecule has 0 aliphatic heterocycles. The second kappa shape index (κ2) is 9.02. The van der Waals surface area contributed by atoms with E-state index in [0.29, 0.717) is 36.3 Å². The lowest BCUT2D eigenvalue weighted by Gasteiger charge is -2.19. The van der Waals surface area contributed by atoms with Crippen LogP contribution in [0.15, 0.2) is 18.2 Å². The molecule has 1 aromatic rings. The van der Waals surface area contributed by atoms with Gasteiger partial charge in [-0.25, -0.2) is 0 Å². The topological polar surface area (TPSA) is 87.3 Å². The van der Waals surface area contributed by atoms with Crippen LogP contribution in [0.4, 0.5) is 17.1 Å². The molecule has 0 spiro atoms. The lowest BCUT2D eigenvalue weighted by molar-refractivity contribution is -0.118. The van der Waals surface area contributed by atoms with E-state index in [-0.39, 0.29) is 28.6 Å². The highest BCUT2D eigenvalue weighted by molar-refractivity contribution is 5.97. The Morgan fingerprint density at radius 2 is 0.963 bits per heavy atom. The Balaban J connectivity index is 3.04. The molecule has 1 aromatic carbocycles. The summed E-state index contributed by atoms with van der Waals surface area (Å²) in [7, 11) is 0. The Hall–Kier alpha value is -2.37. The number of benzene rings is 1. The van der Waals surface area contributed by atoms with E-state index >= 15 is 0 Å². The van der Waals surface area contributed by atoms with Gasteiger partial charge in [0.15, 0.2) is 0 Å². The molecule has 0 saturated heterocycles. The Morgan fingerprint density at radius 1 is 0.667 bits per heavy atom. The fraction of sp³-hybridized carbons (Fsp3) is 0.571. The Bertz CT molecular complexity index is 649. The molecular formula is C21H33N3O3. The van der Waals surface area contributed by atoms with E-state index in [1.54, 1.807) is 25.1 Å². The number of rotatable bonds is 6. The van der Waals surface area contributed by atoms with Crippen LogP contribution in [0.1, 0.15) is 67.7 Å². The van der Waals surface area contributed by atoms with Crippen LogP contribution in [0, 0.1) is 10.8 Å². The van der Waals surface area contributed by atoms with Crippen LogP contribution in [0.25, 0.3) is 0 Å². The summed E-state index contributed by atoms with van der Waals surface area (Å²) in [5.41, 5.74) is 1.32. The van der Waals surface area contributed by atoms with Gasteiger partial charge in [-0.3, -0.25) is 14.4 Å². The smallest absolute Gasteiger partial charge is 0.224 e. The van der Waals surface area contributed by atoms with Crippen molar-refractivity contribution < 1.29 is 14.4 Å². The van der Waals surface area contributed by atoms with Crippen LogP contribution in [0.3, 0.4) is 0 Å². The van der Waals surface area contributed by atoms with Crippen LogP contribution in [0.5, 0.6) is 0 Å².